The number of amides is 2. The van der Waals surface area contributed by atoms with E-state index in [1.54, 1.807) is 6.92 Å². The molecule has 0 radical (unpaired) electrons. The first-order valence-electron chi connectivity index (χ1n) is 5.24. The molecule has 2 amide bonds. The predicted octanol–water partition coefficient (Wildman–Crippen LogP) is 0.556. The van der Waals surface area contributed by atoms with E-state index in [1.165, 1.54) is 6.08 Å². The van der Waals surface area contributed by atoms with Crippen LogP contribution in [0.1, 0.15) is 26.2 Å². The van der Waals surface area contributed by atoms with E-state index in [0.717, 1.165) is 11.3 Å². The Morgan fingerprint density at radius 3 is 2.44 bits per heavy atom. The van der Waals surface area contributed by atoms with Crippen LogP contribution in [-0.2, 0) is 14.4 Å². The summed E-state index contributed by atoms with van der Waals surface area (Å²) >= 11 is 0. The summed E-state index contributed by atoms with van der Waals surface area (Å²) in [4.78, 5) is 35.2. The molecular weight excluding hydrogens is 210 g/mol. The first-order valence-corrected chi connectivity index (χ1v) is 5.24. The molecule has 2 aliphatic rings. The zero-order valence-electron chi connectivity index (χ0n) is 9.02. The van der Waals surface area contributed by atoms with E-state index in [4.69, 9.17) is 5.11 Å². The van der Waals surface area contributed by atoms with Gasteiger partial charge in [0.1, 0.15) is 0 Å². The van der Waals surface area contributed by atoms with Crippen LogP contribution in [0.4, 0.5) is 0 Å². The zero-order valence-corrected chi connectivity index (χ0v) is 9.02. The molecule has 1 aliphatic carbocycles. The average Bonchev–Trinajstić information content (AvgIpc) is 2.36. The lowest BCUT2D eigenvalue weighted by Crippen LogP contribution is -2.49. The Kier molecular flexibility index (Phi) is 2.33. The van der Waals surface area contributed by atoms with Gasteiger partial charge in [0.2, 0.25) is 0 Å². The first kappa shape index (κ1) is 10.9. The fraction of sp³-hybridized carbons (Fsp3) is 0.545. The molecule has 0 atom stereocenters. The summed E-state index contributed by atoms with van der Waals surface area (Å²) in [6.45, 7) is 1.57. The summed E-state index contributed by atoms with van der Waals surface area (Å²) in [6.07, 6.45) is 3.18. The highest BCUT2D eigenvalue weighted by Crippen LogP contribution is 2.42. The summed E-state index contributed by atoms with van der Waals surface area (Å²) in [5.74, 6) is -1.67. The number of hydrogen-bond acceptors (Lipinski definition) is 3. The Labute approximate surface area is 92.7 Å². The number of carboxylic acids is 1. The van der Waals surface area contributed by atoms with Crippen LogP contribution in [0.3, 0.4) is 0 Å². The van der Waals surface area contributed by atoms with Gasteiger partial charge in [-0.05, 0) is 19.8 Å². The molecule has 0 spiro atoms. The number of carboxylic acid groups (broad SMARTS) is 1. The van der Waals surface area contributed by atoms with Crippen LogP contribution in [0.15, 0.2) is 11.6 Å². The molecule has 1 aliphatic heterocycles. The van der Waals surface area contributed by atoms with Gasteiger partial charge in [-0.25, -0.2) is 0 Å². The van der Waals surface area contributed by atoms with E-state index in [0.29, 0.717) is 18.4 Å². The lowest BCUT2D eigenvalue weighted by molar-refractivity contribution is -0.158. The molecule has 5 nitrogen and oxygen atoms in total. The lowest BCUT2D eigenvalue weighted by atomic mass is 9.68. The van der Waals surface area contributed by atoms with Crippen molar-refractivity contribution in [2.24, 2.45) is 5.41 Å². The molecule has 0 aromatic carbocycles. The van der Waals surface area contributed by atoms with Crippen LogP contribution in [0.5, 0.6) is 0 Å². The summed E-state index contributed by atoms with van der Waals surface area (Å²) < 4.78 is 0. The smallest absolute Gasteiger partial charge is 0.311 e. The van der Waals surface area contributed by atoms with Crippen molar-refractivity contribution in [1.29, 1.82) is 0 Å². The molecule has 86 valence electrons. The van der Waals surface area contributed by atoms with Gasteiger partial charge in [-0.15, -0.1) is 0 Å². The van der Waals surface area contributed by atoms with Crippen molar-refractivity contribution in [3.8, 4) is 0 Å². The molecule has 2 rings (SSSR count). The highest BCUT2D eigenvalue weighted by atomic mass is 16.4. The molecule has 5 heteroatoms. The van der Waals surface area contributed by atoms with Crippen molar-refractivity contribution in [1.82, 2.24) is 4.90 Å². The van der Waals surface area contributed by atoms with Crippen LogP contribution in [0.25, 0.3) is 0 Å². The topological polar surface area (TPSA) is 74.7 Å². The van der Waals surface area contributed by atoms with Gasteiger partial charge in [0.25, 0.3) is 11.8 Å². The molecule has 1 saturated carbocycles. The number of nitrogens with zero attached hydrogens (tertiary/aromatic N) is 1. The van der Waals surface area contributed by atoms with E-state index in [-0.39, 0.29) is 12.5 Å². The zero-order chi connectivity index (χ0) is 11.9. The van der Waals surface area contributed by atoms with Gasteiger partial charge in [-0.3, -0.25) is 19.3 Å². The van der Waals surface area contributed by atoms with Crippen molar-refractivity contribution in [3.05, 3.63) is 11.6 Å². The van der Waals surface area contributed by atoms with E-state index in [9.17, 15) is 14.4 Å². The third-order valence-electron chi connectivity index (χ3n) is 3.41. The van der Waals surface area contributed by atoms with Crippen LogP contribution in [0.2, 0.25) is 0 Å². The standard InChI is InChI=1S/C11H13NO4/c1-7-5-8(13)12(9(7)14)6-11(10(15)16)3-2-4-11/h5H,2-4,6H2,1H3,(H,15,16). The van der Waals surface area contributed by atoms with E-state index < -0.39 is 17.3 Å². The van der Waals surface area contributed by atoms with Gasteiger partial charge in [-0.2, -0.15) is 0 Å². The molecule has 0 aromatic rings. The highest BCUT2D eigenvalue weighted by molar-refractivity contribution is 6.16. The van der Waals surface area contributed by atoms with Crippen molar-refractivity contribution in [2.45, 2.75) is 26.2 Å². The fourth-order valence-corrected chi connectivity index (χ4v) is 2.13. The van der Waals surface area contributed by atoms with Crippen molar-refractivity contribution >= 4 is 17.8 Å². The minimum atomic E-state index is -0.913. The van der Waals surface area contributed by atoms with Gasteiger partial charge >= 0.3 is 5.97 Å². The van der Waals surface area contributed by atoms with Crippen molar-refractivity contribution in [3.63, 3.8) is 0 Å². The van der Waals surface area contributed by atoms with Gasteiger partial charge in [0.15, 0.2) is 0 Å². The normalized spacial score (nSPS) is 23.1. The van der Waals surface area contributed by atoms with Gasteiger partial charge < -0.3 is 5.11 Å². The largest absolute Gasteiger partial charge is 0.481 e. The second-order valence-corrected chi connectivity index (χ2v) is 4.50. The molecule has 0 unspecified atom stereocenters. The quantitative estimate of drug-likeness (QED) is 0.709. The average molecular weight is 223 g/mol. The Morgan fingerprint density at radius 2 is 2.12 bits per heavy atom. The molecule has 0 aromatic heterocycles. The third kappa shape index (κ3) is 1.43. The van der Waals surface area contributed by atoms with E-state index >= 15 is 0 Å². The minimum absolute atomic E-state index is 0.00778. The van der Waals surface area contributed by atoms with Crippen molar-refractivity contribution < 1.29 is 19.5 Å². The molecule has 0 bridgehead atoms. The van der Waals surface area contributed by atoms with E-state index in [2.05, 4.69) is 0 Å². The van der Waals surface area contributed by atoms with Gasteiger partial charge in [-0.1, -0.05) is 6.42 Å². The van der Waals surface area contributed by atoms with Crippen LogP contribution in [0, 0.1) is 5.41 Å². The van der Waals surface area contributed by atoms with E-state index in [1.807, 2.05) is 0 Å². The molecular formula is C11H13NO4. The Hall–Kier alpha value is -1.65. The molecule has 16 heavy (non-hydrogen) atoms. The fourth-order valence-electron chi connectivity index (χ4n) is 2.13. The maximum absolute atomic E-state index is 11.6. The SMILES string of the molecule is CC1=CC(=O)N(CC2(C(=O)O)CCC2)C1=O. The minimum Gasteiger partial charge on any atom is -0.481 e. The number of rotatable bonds is 3. The van der Waals surface area contributed by atoms with Gasteiger partial charge in [0, 0.05) is 18.2 Å². The monoisotopic (exact) mass is 223 g/mol. The van der Waals surface area contributed by atoms with Crippen LogP contribution < -0.4 is 0 Å². The van der Waals surface area contributed by atoms with Crippen molar-refractivity contribution in [2.75, 3.05) is 6.54 Å². The highest BCUT2D eigenvalue weighted by Gasteiger charge is 2.48. The summed E-state index contributed by atoms with van der Waals surface area (Å²) in [6, 6.07) is 0. The maximum atomic E-state index is 11.6. The molecule has 1 N–H and O–H groups in total. The summed E-state index contributed by atoms with van der Waals surface area (Å²) in [5.41, 5.74) is -0.520. The second-order valence-electron chi connectivity index (χ2n) is 4.50. The summed E-state index contributed by atoms with van der Waals surface area (Å²) in [7, 11) is 0. The van der Waals surface area contributed by atoms with Crippen LogP contribution in [-0.4, -0.2) is 34.3 Å². The summed E-state index contributed by atoms with van der Waals surface area (Å²) in [5, 5.41) is 9.12. The Balaban J connectivity index is 2.14. The lowest BCUT2D eigenvalue weighted by Gasteiger charge is -2.39. The number of imide groups is 1. The number of carbonyl (C=O) groups is 3. The Morgan fingerprint density at radius 1 is 1.50 bits per heavy atom. The second kappa shape index (κ2) is 3.43. The predicted molar refractivity (Wildman–Crippen MR) is 54.4 cm³/mol. The third-order valence-corrected chi connectivity index (χ3v) is 3.41. The number of hydrogen-bond donors (Lipinski definition) is 1. The van der Waals surface area contributed by atoms with Gasteiger partial charge in [0.05, 0.1) is 5.41 Å². The maximum Gasteiger partial charge on any atom is 0.311 e. The molecule has 0 saturated heterocycles. The number of carbonyl (C=O) groups excluding carboxylic acids is 2. The first-order chi connectivity index (χ1) is 7.46. The molecule has 1 heterocycles. The van der Waals surface area contributed by atoms with Crippen LogP contribution >= 0.6 is 0 Å². The number of aliphatic carboxylic acids is 1. The Bertz CT molecular complexity index is 406. The molecule has 1 fully saturated rings.